The van der Waals surface area contributed by atoms with Crippen LogP contribution in [0.25, 0.3) is 0 Å². The summed E-state index contributed by atoms with van der Waals surface area (Å²) in [7, 11) is 0. The number of halogens is 1. The molecule has 0 saturated heterocycles. The summed E-state index contributed by atoms with van der Waals surface area (Å²) in [6.45, 7) is 0.797. The van der Waals surface area contributed by atoms with Crippen molar-refractivity contribution in [3.05, 3.63) is 41.5 Å². The molecule has 3 nitrogen and oxygen atoms in total. The van der Waals surface area contributed by atoms with Gasteiger partial charge in [0.1, 0.15) is 11.6 Å². The first-order chi connectivity index (χ1) is 8.81. The van der Waals surface area contributed by atoms with Crippen LogP contribution >= 0.6 is 11.5 Å². The van der Waals surface area contributed by atoms with E-state index in [-0.39, 0.29) is 5.82 Å². The summed E-state index contributed by atoms with van der Waals surface area (Å²) in [5.41, 5.74) is 1.12. The standard InChI is InChI=1S/C13H14FN3S/c14-11-5-1-9(2-6-11)7-8-15-13-16-12(17-18-13)10-3-4-10/h1-2,5-6,10H,3-4,7-8H2,(H,15,16,17). The molecule has 1 aromatic heterocycles. The minimum atomic E-state index is -0.190. The lowest BCUT2D eigenvalue weighted by molar-refractivity contribution is 0.627. The Labute approximate surface area is 109 Å². The highest BCUT2D eigenvalue weighted by molar-refractivity contribution is 7.09. The van der Waals surface area contributed by atoms with Crippen molar-refractivity contribution in [2.75, 3.05) is 11.9 Å². The van der Waals surface area contributed by atoms with Crippen molar-refractivity contribution in [3.8, 4) is 0 Å². The largest absolute Gasteiger partial charge is 0.360 e. The molecule has 1 heterocycles. The molecule has 5 heteroatoms. The van der Waals surface area contributed by atoms with Crippen molar-refractivity contribution < 1.29 is 4.39 Å². The van der Waals surface area contributed by atoms with Gasteiger partial charge >= 0.3 is 0 Å². The zero-order valence-corrected chi connectivity index (χ0v) is 10.7. The van der Waals surface area contributed by atoms with E-state index in [1.807, 2.05) is 12.1 Å². The van der Waals surface area contributed by atoms with Crippen molar-refractivity contribution in [1.29, 1.82) is 0 Å². The van der Waals surface area contributed by atoms with Crippen LogP contribution in [0.5, 0.6) is 0 Å². The van der Waals surface area contributed by atoms with E-state index in [2.05, 4.69) is 14.7 Å². The fraction of sp³-hybridized carbons (Fsp3) is 0.385. The van der Waals surface area contributed by atoms with Gasteiger partial charge in [0, 0.05) is 24.0 Å². The number of hydrogen-bond acceptors (Lipinski definition) is 4. The van der Waals surface area contributed by atoms with E-state index in [1.54, 1.807) is 0 Å². The summed E-state index contributed by atoms with van der Waals surface area (Å²) in [5, 5.41) is 4.15. The first kappa shape index (κ1) is 11.6. The van der Waals surface area contributed by atoms with Crippen LogP contribution < -0.4 is 5.32 Å². The first-order valence-corrected chi connectivity index (χ1v) is 6.90. The molecular weight excluding hydrogens is 249 g/mol. The molecule has 0 bridgehead atoms. The molecule has 18 heavy (non-hydrogen) atoms. The van der Waals surface area contributed by atoms with Gasteiger partial charge < -0.3 is 5.32 Å². The molecule has 3 rings (SSSR count). The van der Waals surface area contributed by atoms with Crippen molar-refractivity contribution in [2.45, 2.75) is 25.2 Å². The number of hydrogen-bond donors (Lipinski definition) is 1. The predicted octanol–water partition coefficient (Wildman–Crippen LogP) is 3.21. The third-order valence-electron chi connectivity index (χ3n) is 2.99. The number of aromatic nitrogens is 2. The average Bonchev–Trinajstić information content (AvgIpc) is 3.12. The maximum Gasteiger partial charge on any atom is 0.202 e. The molecule has 0 amide bonds. The summed E-state index contributed by atoms with van der Waals surface area (Å²) >= 11 is 1.42. The highest BCUT2D eigenvalue weighted by atomic mass is 32.1. The van der Waals surface area contributed by atoms with E-state index in [0.717, 1.165) is 29.5 Å². The van der Waals surface area contributed by atoms with Crippen LogP contribution in [0.4, 0.5) is 9.52 Å². The third-order valence-corrected chi connectivity index (χ3v) is 3.67. The Morgan fingerprint density at radius 2 is 2.06 bits per heavy atom. The van der Waals surface area contributed by atoms with E-state index in [4.69, 9.17) is 0 Å². The normalized spacial score (nSPS) is 14.7. The second-order valence-corrected chi connectivity index (χ2v) is 5.29. The topological polar surface area (TPSA) is 37.8 Å². The van der Waals surface area contributed by atoms with Gasteiger partial charge in [-0.2, -0.15) is 4.37 Å². The lowest BCUT2D eigenvalue weighted by atomic mass is 10.1. The Morgan fingerprint density at radius 1 is 1.28 bits per heavy atom. The van der Waals surface area contributed by atoms with Crippen molar-refractivity contribution >= 4 is 16.7 Å². The summed E-state index contributed by atoms with van der Waals surface area (Å²) in [6, 6.07) is 6.61. The van der Waals surface area contributed by atoms with Gasteiger partial charge in [-0.15, -0.1) is 0 Å². The molecule has 0 radical (unpaired) electrons. The zero-order valence-electron chi connectivity index (χ0n) is 9.90. The molecule has 1 saturated carbocycles. The smallest absolute Gasteiger partial charge is 0.202 e. The lowest BCUT2D eigenvalue weighted by Crippen LogP contribution is -2.04. The van der Waals surface area contributed by atoms with Gasteiger partial charge in [-0.1, -0.05) is 12.1 Å². The molecule has 0 unspecified atom stereocenters. The van der Waals surface area contributed by atoms with Gasteiger partial charge in [0.25, 0.3) is 0 Å². The fourth-order valence-corrected chi connectivity index (χ4v) is 2.45. The maximum absolute atomic E-state index is 12.7. The van der Waals surface area contributed by atoms with Gasteiger partial charge in [0.05, 0.1) is 0 Å². The molecule has 1 aliphatic rings. The molecule has 1 fully saturated rings. The van der Waals surface area contributed by atoms with Gasteiger partial charge in [-0.25, -0.2) is 9.37 Å². The summed E-state index contributed by atoms with van der Waals surface area (Å²) in [6.07, 6.45) is 3.32. The highest BCUT2D eigenvalue weighted by Gasteiger charge is 2.27. The molecule has 1 aliphatic carbocycles. The van der Waals surface area contributed by atoms with Crippen LogP contribution in [0.2, 0.25) is 0 Å². The number of rotatable bonds is 5. The van der Waals surface area contributed by atoms with Crippen LogP contribution in [-0.4, -0.2) is 15.9 Å². The minimum absolute atomic E-state index is 0.190. The van der Waals surface area contributed by atoms with Crippen LogP contribution in [0, 0.1) is 5.82 Å². The molecule has 0 atom stereocenters. The van der Waals surface area contributed by atoms with Crippen molar-refractivity contribution in [3.63, 3.8) is 0 Å². The Bertz CT molecular complexity index is 519. The lowest BCUT2D eigenvalue weighted by Gasteiger charge is -2.02. The number of nitrogens with zero attached hydrogens (tertiary/aromatic N) is 2. The molecule has 0 spiro atoms. The summed E-state index contributed by atoms with van der Waals surface area (Å²) in [4.78, 5) is 4.45. The highest BCUT2D eigenvalue weighted by Crippen LogP contribution is 2.39. The second-order valence-electron chi connectivity index (χ2n) is 4.54. The zero-order chi connectivity index (χ0) is 12.4. The van der Waals surface area contributed by atoms with E-state index in [9.17, 15) is 4.39 Å². The van der Waals surface area contributed by atoms with Gasteiger partial charge in [-0.3, -0.25) is 0 Å². The number of anilines is 1. The summed E-state index contributed by atoms with van der Waals surface area (Å²) < 4.78 is 17.1. The Kier molecular flexibility index (Phi) is 3.23. The SMILES string of the molecule is Fc1ccc(CCNc2nc(C3CC3)ns2)cc1. The Hall–Kier alpha value is -1.49. The second kappa shape index (κ2) is 5.02. The van der Waals surface area contributed by atoms with Gasteiger partial charge in [-0.05, 0) is 37.0 Å². The molecule has 94 valence electrons. The summed E-state index contributed by atoms with van der Waals surface area (Å²) in [5.74, 6) is 1.41. The van der Waals surface area contributed by atoms with Crippen LogP contribution in [0.1, 0.15) is 30.1 Å². The molecule has 1 aromatic carbocycles. The van der Waals surface area contributed by atoms with Gasteiger partial charge in [0.2, 0.25) is 5.13 Å². The van der Waals surface area contributed by atoms with Crippen LogP contribution in [0.3, 0.4) is 0 Å². The predicted molar refractivity (Wildman–Crippen MR) is 70.5 cm³/mol. The first-order valence-electron chi connectivity index (χ1n) is 6.13. The quantitative estimate of drug-likeness (QED) is 0.900. The number of benzene rings is 1. The number of nitrogens with one attached hydrogen (secondary N) is 1. The van der Waals surface area contributed by atoms with E-state index in [0.29, 0.717) is 5.92 Å². The third kappa shape index (κ3) is 2.85. The van der Waals surface area contributed by atoms with Crippen LogP contribution in [-0.2, 0) is 6.42 Å². The monoisotopic (exact) mass is 263 g/mol. The fourth-order valence-electron chi connectivity index (χ4n) is 1.78. The molecule has 2 aromatic rings. The maximum atomic E-state index is 12.7. The van der Waals surface area contributed by atoms with Crippen molar-refractivity contribution in [2.24, 2.45) is 0 Å². The average molecular weight is 263 g/mol. The van der Waals surface area contributed by atoms with Crippen molar-refractivity contribution in [1.82, 2.24) is 9.36 Å². The molecule has 0 aliphatic heterocycles. The van der Waals surface area contributed by atoms with E-state index < -0.39 is 0 Å². The molecule has 1 N–H and O–H groups in total. The molecular formula is C13H14FN3S. The van der Waals surface area contributed by atoms with E-state index in [1.165, 1.54) is 36.5 Å². The van der Waals surface area contributed by atoms with E-state index >= 15 is 0 Å². The van der Waals surface area contributed by atoms with Crippen LogP contribution in [0.15, 0.2) is 24.3 Å². The minimum Gasteiger partial charge on any atom is -0.360 e. The Morgan fingerprint density at radius 3 is 2.78 bits per heavy atom. The van der Waals surface area contributed by atoms with Gasteiger partial charge in [0.15, 0.2) is 0 Å². The Balaban J connectivity index is 1.49.